The fourth-order valence-electron chi connectivity index (χ4n) is 0.690. The number of carbonyl (C=O) groups excluding carboxylic acids is 1. The van der Waals surface area contributed by atoms with Crippen LogP contribution in [0.5, 0.6) is 0 Å². The van der Waals surface area contributed by atoms with Crippen molar-refractivity contribution in [2.45, 2.75) is 6.42 Å². The molecule has 0 amide bonds. The Hall–Kier alpha value is -2.09. The van der Waals surface area contributed by atoms with Crippen molar-refractivity contribution in [1.29, 1.82) is 0 Å². The third-order valence-electron chi connectivity index (χ3n) is 1.35. The zero-order valence-corrected chi connectivity index (χ0v) is 7.53. The molecule has 5 heteroatoms. The van der Waals surface area contributed by atoms with Gasteiger partial charge in [0.2, 0.25) is 0 Å². The Morgan fingerprint density at radius 1 is 1.71 bits per heavy atom. The molecule has 0 atom stereocenters. The lowest BCUT2D eigenvalue weighted by molar-refractivity contribution is -0.139. The molecule has 5 nitrogen and oxygen atoms in total. The van der Waals surface area contributed by atoms with Crippen LogP contribution < -0.4 is 5.56 Å². The molecular formula is C9H8N2O3. The van der Waals surface area contributed by atoms with Crippen LogP contribution in [0.2, 0.25) is 0 Å². The average Bonchev–Trinajstić information content (AvgIpc) is 2.21. The molecule has 0 radical (unpaired) electrons. The van der Waals surface area contributed by atoms with Crippen molar-refractivity contribution in [3.63, 3.8) is 0 Å². The zero-order chi connectivity index (χ0) is 10.4. The van der Waals surface area contributed by atoms with Crippen molar-refractivity contribution in [1.82, 2.24) is 9.97 Å². The van der Waals surface area contributed by atoms with Crippen LogP contribution in [0.15, 0.2) is 17.2 Å². The number of ether oxygens (including phenoxy) is 1. The Kier molecular flexibility index (Phi) is 3.44. The minimum Gasteiger partial charge on any atom is -0.468 e. The van der Waals surface area contributed by atoms with E-state index in [-0.39, 0.29) is 12.0 Å². The fraction of sp³-hybridized carbons (Fsp3) is 0.222. The van der Waals surface area contributed by atoms with Gasteiger partial charge in [0, 0.05) is 6.20 Å². The topological polar surface area (TPSA) is 72.1 Å². The molecule has 72 valence electrons. The number of aromatic amines is 1. The summed E-state index contributed by atoms with van der Waals surface area (Å²) in [7, 11) is 1.29. The van der Waals surface area contributed by atoms with Gasteiger partial charge < -0.3 is 9.72 Å². The van der Waals surface area contributed by atoms with Gasteiger partial charge in [-0.25, -0.2) is 4.98 Å². The first-order valence-electron chi connectivity index (χ1n) is 3.83. The molecule has 0 aromatic carbocycles. The molecule has 0 fully saturated rings. The van der Waals surface area contributed by atoms with Gasteiger partial charge in [-0.1, -0.05) is 5.92 Å². The second kappa shape index (κ2) is 4.82. The van der Waals surface area contributed by atoms with Crippen LogP contribution in [0.25, 0.3) is 0 Å². The summed E-state index contributed by atoms with van der Waals surface area (Å²) < 4.78 is 4.39. The number of rotatable bonds is 1. The van der Waals surface area contributed by atoms with Crippen LogP contribution in [0, 0.1) is 11.8 Å². The summed E-state index contributed by atoms with van der Waals surface area (Å²) in [5.74, 6) is 4.77. The molecule has 0 saturated carbocycles. The van der Waals surface area contributed by atoms with Crippen LogP contribution in [0.3, 0.4) is 0 Å². The Labute approximate surface area is 80.1 Å². The van der Waals surface area contributed by atoms with Crippen LogP contribution >= 0.6 is 0 Å². The van der Waals surface area contributed by atoms with Crippen molar-refractivity contribution >= 4 is 5.97 Å². The molecular weight excluding hydrogens is 184 g/mol. The molecule has 14 heavy (non-hydrogen) atoms. The molecule has 0 aliphatic rings. The second-order valence-electron chi connectivity index (χ2n) is 2.35. The first-order valence-corrected chi connectivity index (χ1v) is 3.83. The van der Waals surface area contributed by atoms with E-state index < -0.39 is 5.97 Å². The average molecular weight is 192 g/mol. The van der Waals surface area contributed by atoms with Gasteiger partial charge in [0.05, 0.1) is 13.3 Å². The number of hydrogen-bond acceptors (Lipinski definition) is 4. The predicted octanol–water partition coefficient (Wildman–Crippen LogP) is -0.316. The summed E-state index contributed by atoms with van der Waals surface area (Å²) in [5, 5.41) is 0. The van der Waals surface area contributed by atoms with Gasteiger partial charge in [-0.2, -0.15) is 0 Å². The van der Waals surface area contributed by atoms with Crippen molar-refractivity contribution < 1.29 is 9.53 Å². The Morgan fingerprint density at radius 2 is 2.50 bits per heavy atom. The number of aromatic nitrogens is 2. The van der Waals surface area contributed by atoms with Crippen LogP contribution in [0.4, 0.5) is 0 Å². The molecule has 1 heterocycles. The summed E-state index contributed by atoms with van der Waals surface area (Å²) in [6.07, 6.45) is 2.52. The maximum absolute atomic E-state index is 10.7. The largest absolute Gasteiger partial charge is 0.468 e. The first kappa shape index (κ1) is 9.99. The maximum atomic E-state index is 10.7. The van der Waals surface area contributed by atoms with Crippen LogP contribution in [-0.2, 0) is 9.53 Å². The Bertz CT molecular complexity index is 419. The summed E-state index contributed by atoms with van der Waals surface area (Å²) >= 11 is 0. The number of esters is 1. The summed E-state index contributed by atoms with van der Waals surface area (Å²) in [5.41, 5.74) is 0.122. The number of nitrogens with one attached hydrogen (secondary N) is 1. The third kappa shape index (κ3) is 3.11. The number of methoxy groups -OCH3 is 1. The third-order valence-corrected chi connectivity index (χ3v) is 1.35. The van der Waals surface area contributed by atoms with Gasteiger partial charge in [-0.15, -0.1) is 0 Å². The van der Waals surface area contributed by atoms with E-state index in [1.54, 1.807) is 0 Å². The van der Waals surface area contributed by atoms with Gasteiger partial charge in [-0.3, -0.25) is 9.59 Å². The normalized spacial score (nSPS) is 8.64. The molecule has 0 saturated heterocycles. The van der Waals surface area contributed by atoms with Gasteiger partial charge in [0.25, 0.3) is 5.56 Å². The highest BCUT2D eigenvalue weighted by molar-refractivity contribution is 5.72. The Balaban J connectivity index is 2.64. The smallest absolute Gasteiger partial charge is 0.317 e. The lowest BCUT2D eigenvalue weighted by atomic mass is 10.4. The number of carbonyl (C=O) groups is 1. The van der Waals surface area contributed by atoms with Gasteiger partial charge in [0.15, 0.2) is 0 Å². The highest BCUT2D eigenvalue weighted by Gasteiger charge is 1.93. The van der Waals surface area contributed by atoms with E-state index in [0.717, 1.165) is 6.20 Å². The fourth-order valence-corrected chi connectivity index (χ4v) is 0.690. The molecule has 1 N–H and O–H groups in total. The predicted molar refractivity (Wildman–Crippen MR) is 48.4 cm³/mol. The van der Waals surface area contributed by atoms with Crippen molar-refractivity contribution in [3.8, 4) is 11.8 Å². The molecule has 1 aromatic heterocycles. The van der Waals surface area contributed by atoms with E-state index in [1.807, 2.05) is 0 Å². The van der Waals surface area contributed by atoms with Crippen molar-refractivity contribution in [2.24, 2.45) is 0 Å². The molecule has 0 aliphatic carbocycles. The quantitative estimate of drug-likeness (QED) is 0.489. The second-order valence-corrected chi connectivity index (χ2v) is 2.35. The number of H-pyrrole nitrogens is 1. The SMILES string of the molecule is COC(=O)CC#Cc1c[nH]c(=O)cn1. The standard InChI is InChI=1S/C9H8N2O3/c1-14-9(13)4-2-3-7-5-11-8(12)6-10-7/h5-6H,4H2,1H3,(H,11,12). The minimum atomic E-state index is -0.401. The van der Waals surface area contributed by atoms with E-state index in [9.17, 15) is 9.59 Å². The first-order chi connectivity index (χ1) is 6.72. The van der Waals surface area contributed by atoms with Crippen molar-refractivity contribution in [2.75, 3.05) is 7.11 Å². The molecule has 1 rings (SSSR count). The highest BCUT2D eigenvalue weighted by atomic mass is 16.5. The van der Waals surface area contributed by atoms with E-state index in [2.05, 4.69) is 26.5 Å². The van der Waals surface area contributed by atoms with Crippen molar-refractivity contribution in [3.05, 3.63) is 28.4 Å². The van der Waals surface area contributed by atoms with Crippen LogP contribution in [-0.4, -0.2) is 23.0 Å². The monoisotopic (exact) mass is 192 g/mol. The summed E-state index contributed by atoms with van der Waals surface area (Å²) in [4.78, 5) is 27.4. The Morgan fingerprint density at radius 3 is 3.07 bits per heavy atom. The number of nitrogens with zero attached hydrogens (tertiary/aromatic N) is 1. The minimum absolute atomic E-state index is 0.0112. The maximum Gasteiger partial charge on any atom is 0.317 e. The summed E-state index contributed by atoms with van der Waals surface area (Å²) in [6.45, 7) is 0. The zero-order valence-electron chi connectivity index (χ0n) is 7.53. The molecule has 0 aliphatic heterocycles. The van der Waals surface area contributed by atoms with E-state index in [4.69, 9.17) is 0 Å². The van der Waals surface area contributed by atoms with Gasteiger partial charge in [-0.05, 0) is 5.92 Å². The molecule has 0 spiro atoms. The lowest BCUT2D eigenvalue weighted by Crippen LogP contribution is -2.04. The van der Waals surface area contributed by atoms with E-state index >= 15 is 0 Å². The highest BCUT2D eigenvalue weighted by Crippen LogP contribution is 1.85. The van der Waals surface area contributed by atoms with Gasteiger partial charge in [0.1, 0.15) is 12.1 Å². The van der Waals surface area contributed by atoms with Crippen LogP contribution in [0.1, 0.15) is 12.1 Å². The van der Waals surface area contributed by atoms with E-state index in [0.29, 0.717) is 5.69 Å². The molecule has 0 unspecified atom stereocenters. The number of hydrogen-bond donors (Lipinski definition) is 1. The lowest BCUT2D eigenvalue weighted by Gasteiger charge is -1.89. The summed E-state index contributed by atoms with van der Waals surface area (Å²) in [6, 6.07) is 0. The van der Waals surface area contributed by atoms with E-state index in [1.165, 1.54) is 13.3 Å². The molecule has 1 aromatic rings. The molecule has 0 bridgehead atoms. The van der Waals surface area contributed by atoms with Gasteiger partial charge >= 0.3 is 5.97 Å².